The standard InChI is InChI=1S/C12H19N3O3/c1-12(2,3)18-11(17)14-6-9-4-5-13-15(9)10(7-14)8-16/h4-5,10,16H,6-8H2,1-3H3. The number of amides is 1. The predicted octanol–water partition coefficient (Wildman–Crippen LogP) is 1.17. The van der Waals surface area contributed by atoms with Crippen molar-refractivity contribution in [1.82, 2.24) is 14.7 Å². The maximum atomic E-state index is 12.0. The molecular weight excluding hydrogens is 234 g/mol. The zero-order valence-corrected chi connectivity index (χ0v) is 11.0. The molecule has 1 aromatic heterocycles. The molecule has 0 aliphatic carbocycles. The van der Waals surface area contributed by atoms with E-state index in [0.717, 1.165) is 5.69 Å². The van der Waals surface area contributed by atoms with Crippen LogP contribution in [0.4, 0.5) is 4.79 Å². The molecule has 0 saturated heterocycles. The molecule has 0 spiro atoms. The van der Waals surface area contributed by atoms with Gasteiger partial charge in [-0.05, 0) is 26.8 Å². The second-order valence-electron chi connectivity index (χ2n) is 5.46. The summed E-state index contributed by atoms with van der Waals surface area (Å²) in [6.45, 7) is 6.34. The molecule has 18 heavy (non-hydrogen) atoms. The largest absolute Gasteiger partial charge is 0.444 e. The predicted molar refractivity (Wildman–Crippen MR) is 65.0 cm³/mol. The monoisotopic (exact) mass is 253 g/mol. The van der Waals surface area contributed by atoms with Crippen molar-refractivity contribution in [3.63, 3.8) is 0 Å². The number of ether oxygens (including phenoxy) is 1. The molecule has 2 rings (SSSR count). The lowest BCUT2D eigenvalue weighted by Crippen LogP contribution is -2.44. The molecule has 1 N–H and O–H groups in total. The highest BCUT2D eigenvalue weighted by atomic mass is 16.6. The summed E-state index contributed by atoms with van der Waals surface area (Å²) in [5, 5.41) is 13.5. The minimum atomic E-state index is -0.510. The van der Waals surface area contributed by atoms with Crippen LogP contribution in [0.15, 0.2) is 12.3 Å². The third kappa shape index (κ3) is 2.64. The third-order valence-electron chi connectivity index (χ3n) is 2.74. The van der Waals surface area contributed by atoms with Crippen LogP contribution in [0.25, 0.3) is 0 Å². The average molecular weight is 253 g/mol. The van der Waals surface area contributed by atoms with Crippen LogP contribution in [0.1, 0.15) is 32.5 Å². The highest BCUT2D eigenvalue weighted by Gasteiger charge is 2.30. The molecule has 0 aromatic carbocycles. The van der Waals surface area contributed by atoms with Crippen LogP contribution < -0.4 is 0 Å². The molecule has 1 amide bonds. The number of carbonyl (C=O) groups is 1. The fourth-order valence-corrected chi connectivity index (χ4v) is 1.99. The lowest BCUT2D eigenvalue weighted by molar-refractivity contribution is 0.0129. The van der Waals surface area contributed by atoms with Crippen molar-refractivity contribution in [1.29, 1.82) is 0 Å². The SMILES string of the molecule is CC(C)(C)OC(=O)N1Cc2ccnn2C(CO)C1. The van der Waals surface area contributed by atoms with E-state index in [1.807, 2.05) is 26.8 Å². The molecule has 100 valence electrons. The highest BCUT2D eigenvalue weighted by molar-refractivity contribution is 5.68. The number of aromatic nitrogens is 2. The molecule has 1 aromatic rings. The number of aliphatic hydroxyl groups excluding tert-OH is 1. The quantitative estimate of drug-likeness (QED) is 0.815. The summed E-state index contributed by atoms with van der Waals surface area (Å²) in [6, 6.07) is 1.65. The van der Waals surface area contributed by atoms with Gasteiger partial charge in [-0.15, -0.1) is 0 Å². The van der Waals surface area contributed by atoms with Gasteiger partial charge in [-0.3, -0.25) is 4.68 Å². The first-order valence-electron chi connectivity index (χ1n) is 6.02. The van der Waals surface area contributed by atoms with Gasteiger partial charge in [-0.1, -0.05) is 0 Å². The molecule has 0 bridgehead atoms. The van der Waals surface area contributed by atoms with Gasteiger partial charge in [0.15, 0.2) is 0 Å². The van der Waals surface area contributed by atoms with Crippen LogP contribution in [-0.2, 0) is 11.3 Å². The van der Waals surface area contributed by atoms with Crippen molar-refractivity contribution in [2.45, 2.75) is 39.0 Å². The summed E-state index contributed by atoms with van der Waals surface area (Å²) in [7, 11) is 0. The minimum absolute atomic E-state index is 0.0476. The van der Waals surface area contributed by atoms with Gasteiger partial charge >= 0.3 is 6.09 Å². The summed E-state index contributed by atoms with van der Waals surface area (Å²) in [6.07, 6.45) is 1.32. The Hall–Kier alpha value is -1.56. The Morgan fingerprint density at radius 3 is 2.94 bits per heavy atom. The Bertz CT molecular complexity index is 436. The van der Waals surface area contributed by atoms with Crippen molar-refractivity contribution < 1.29 is 14.6 Å². The Balaban J connectivity index is 2.12. The molecule has 1 atom stereocenters. The molecule has 0 saturated carbocycles. The third-order valence-corrected chi connectivity index (χ3v) is 2.74. The van der Waals surface area contributed by atoms with Crippen LogP contribution in [0, 0.1) is 0 Å². The van der Waals surface area contributed by atoms with Crippen LogP contribution in [0.3, 0.4) is 0 Å². The van der Waals surface area contributed by atoms with Gasteiger partial charge in [0.25, 0.3) is 0 Å². The first-order chi connectivity index (χ1) is 8.40. The molecule has 1 aliphatic heterocycles. The maximum absolute atomic E-state index is 12.0. The zero-order chi connectivity index (χ0) is 13.3. The first-order valence-corrected chi connectivity index (χ1v) is 6.02. The number of carbonyl (C=O) groups excluding carboxylic acids is 1. The second-order valence-corrected chi connectivity index (χ2v) is 5.46. The molecule has 6 heteroatoms. The zero-order valence-electron chi connectivity index (χ0n) is 11.0. The van der Waals surface area contributed by atoms with E-state index >= 15 is 0 Å². The van der Waals surface area contributed by atoms with Crippen LogP contribution in [-0.4, -0.2) is 44.6 Å². The van der Waals surface area contributed by atoms with Crippen molar-refractivity contribution in [2.24, 2.45) is 0 Å². The minimum Gasteiger partial charge on any atom is -0.444 e. The van der Waals surface area contributed by atoms with E-state index < -0.39 is 5.60 Å². The van der Waals surface area contributed by atoms with Crippen molar-refractivity contribution in [2.75, 3.05) is 13.2 Å². The maximum Gasteiger partial charge on any atom is 0.410 e. The van der Waals surface area contributed by atoms with Gasteiger partial charge in [0, 0.05) is 12.7 Å². The van der Waals surface area contributed by atoms with E-state index in [1.54, 1.807) is 15.8 Å². The second kappa shape index (κ2) is 4.61. The normalized spacial score (nSPS) is 19.6. The average Bonchev–Trinajstić information content (AvgIpc) is 2.73. The van der Waals surface area contributed by atoms with Gasteiger partial charge in [0.1, 0.15) is 5.60 Å². The van der Waals surface area contributed by atoms with Gasteiger partial charge < -0.3 is 14.7 Å². The molecule has 6 nitrogen and oxygen atoms in total. The number of rotatable bonds is 1. The van der Waals surface area contributed by atoms with Crippen LogP contribution in [0.2, 0.25) is 0 Å². The number of fused-ring (bicyclic) bond motifs is 1. The molecular formula is C12H19N3O3. The van der Waals surface area contributed by atoms with Crippen molar-refractivity contribution in [3.05, 3.63) is 18.0 Å². The smallest absolute Gasteiger partial charge is 0.410 e. The first kappa shape index (κ1) is 12.9. The Morgan fingerprint density at radius 2 is 2.33 bits per heavy atom. The number of nitrogens with zero attached hydrogens (tertiary/aromatic N) is 3. The van der Waals surface area contributed by atoms with E-state index in [2.05, 4.69) is 5.10 Å². The summed E-state index contributed by atoms with van der Waals surface area (Å²) < 4.78 is 7.10. The number of aliphatic hydroxyl groups is 1. The van der Waals surface area contributed by atoms with Crippen LogP contribution in [0.5, 0.6) is 0 Å². The summed E-state index contributed by atoms with van der Waals surface area (Å²) in [5.41, 5.74) is 0.398. The fourth-order valence-electron chi connectivity index (χ4n) is 1.99. The van der Waals surface area contributed by atoms with E-state index in [0.29, 0.717) is 13.1 Å². The lowest BCUT2D eigenvalue weighted by Gasteiger charge is -2.34. The van der Waals surface area contributed by atoms with Gasteiger partial charge in [-0.25, -0.2) is 4.79 Å². The molecule has 0 radical (unpaired) electrons. The Morgan fingerprint density at radius 1 is 1.61 bits per heavy atom. The molecule has 0 fully saturated rings. The summed E-state index contributed by atoms with van der Waals surface area (Å²) in [4.78, 5) is 13.6. The van der Waals surface area contributed by atoms with Crippen LogP contribution >= 0.6 is 0 Å². The van der Waals surface area contributed by atoms with Gasteiger partial charge in [0.2, 0.25) is 0 Å². The van der Waals surface area contributed by atoms with Gasteiger partial charge in [0.05, 0.1) is 24.9 Å². The van der Waals surface area contributed by atoms with Crippen molar-refractivity contribution in [3.8, 4) is 0 Å². The Kier molecular flexibility index (Phi) is 3.30. The fraction of sp³-hybridized carbons (Fsp3) is 0.667. The van der Waals surface area contributed by atoms with E-state index in [1.165, 1.54) is 0 Å². The highest BCUT2D eigenvalue weighted by Crippen LogP contribution is 2.21. The topological polar surface area (TPSA) is 67.6 Å². The molecule has 2 heterocycles. The van der Waals surface area contributed by atoms with E-state index in [9.17, 15) is 9.90 Å². The Labute approximate surface area is 106 Å². The number of hydrogen-bond donors (Lipinski definition) is 1. The molecule has 1 unspecified atom stereocenters. The number of hydrogen-bond acceptors (Lipinski definition) is 4. The van der Waals surface area contributed by atoms with Crippen molar-refractivity contribution >= 4 is 6.09 Å². The summed E-state index contributed by atoms with van der Waals surface area (Å²) >= 11 is 0. The van der Waals surface area contributed by atoms with Gasteiger partial charge in [-0.2, -0.15) is 5.10 Å². The van der Waals surface area contributed by atoms with E-state index in [4.69, 9.17) is 4.74 Å². The molecule has 1 aliphatic rings. The van der Waals surface area contributed by atoms with E-state index in [-0.39, 0.29) is 18.7 Å². The lowest BCUT2D eigenvalue weighted by atomic mass is 10.2. The summed E-state index contributed by atoms with van der Waals surface area (Å²) in [5.74, 6) is 0.